The molecule has 0 amide bonds. The number of nitrogens with zero attached hydrogens (tertiary/aromatic N) is 7. The third kappa shape index (κ3) is 3.17. The average molecular weight is 462 g/mol. The van der Waals surface area contributed by atoms with Gasteiger partial charge >= 0.3 is 5.69 Å². The van der Waals surface area contributed by atoms with E-state index in [9.17, 15) is 4.79 Å². The molecular weight excluding hydrogens is 437 g/mol. The number of aryl methyl sites for hydroxylation is 3. The SMILES string of the molecule is COc1ccncc1-c1cc2c(cnn2-c2cc3c(c(C(C)(C)F)n2)n(C)c(=O)n3C)c(C)n1. The number of fused-ring (bicyclic) bond motifs is 2. The van der Waals surface area contributed by atoms with Gasteiger partial charge in [0.1, 0.15) is 17.1 Å². The number of halogens is 1. The van der Waals surface area contributed by atoms with Crippen molar-refractivity contribution in [3.05, 3.63) is 58.7 Å². The fourth-order valence-corrected chi connectivity index (χ4v) is 4.30. The zero-order valence-corrected chi connectivity index (χ0v) is 19.8. The highest BCUT2D eigenvalue weighted by molar-refractivity contribution is 5.87. The average Bonchev–Trinajstić information content (AvgIpc) is 3.33. The molecule has 0 aliphatic carbocycles. The summed E-state index contributed by atoms with van der Waals surface area (Å²) in [5, 5.41) is 5.37. The Morgan fingerprint density at radius 1 is 1.06 bits per heavy atom. The second-order valence-corrected chi connectivity index (χ2v) is 8.73. The molecule has 0 atom stereocenters. The summed E-state index contributed by atoms with van der Waals surface area (Å²) in [5.74, 6) is 1.05. The van der Waals surface area contributed by atoms with E-state index >= 15 is 4.39 Å². The van der Waals surface area contributed by atoms with Crippen LogP contribution in [0.5, 0.6) is 5.75 Å². The third-order valence-corrected chi connectivity index (χ3v) is 6.04. The molecule has 0 aromatic carbocycles. The monoisotopic (exact) mass is 461 g/mol. The lowest BCUT2D eigenvalue weighted by Crippen LogP contribution is -2.20. The minimum atomic E-state index is -1.78. The normalized spacial score (nSPS) is 12.1. The molecule has 5 heterocycles. The standard InChI is InChI=1S/C24H24FN7O2/c1-13-14-12-27-32(17(14)9-16(28-13)15-11-26-8-7-19(15)34-6)20-10-18-21(22(29-20)24(2,3)25)31(5)23(33)30(18)4/h7-12H,1-6H3. The van der Waals surface area contributed by atoms with Crippen LogP contribution in [0.25, 0.3) is 39.0 Å². The van der Waals surface area contributed by atoms with E-state index in [2.05, 4.69) is 15.1 Å². The van der Waals surface area contributed by atoms with Gasteiger partial charge in [0.15, 0.2) is 5.82 Å². The summed E-state index contributed by atoms with van der Waals surface area (Å²) in [6, 6.07) is 5.40. The fourth-order valence-electron chi connectivity index (χ4n) is 4.30. The van der Waals surface area contributed by atoms with Crippen molar-refractivity contribution in [3.8, 4) is 22.8 Å². The van der Waals surface area contributed by atoms with Crippen LogP contribution < -0.4 is 10.4 Å². The summed E-state index contributed by atoms with van der Waals surface area (Å²) >= 11 is 0. The van der Waals surface area contributed by atoms with E-state index in [0.29, 0.717) is 28.3 Å². The van der Waals surface area contributed by atoms with Crippen molar-refractivity contribution in [3.63, 3.8) is 0 Å². The maximum absolute atomic E-state index is 15.3. The van der Waals surface area contributed by atoms with Crippen molar-refractivity contribution in [2.24, 2.45) is 14.1 Å². The molecule has 0 bridgehead atoms. The zero-order valence-electron chi connectivity index (χ0n) is 19.8. The fraction of sp³-hybridized carbons (Fsp3) is 0.292. The Morgan fingerprint density at radius 2 is 1.82 bits per heavy atom. The van der Waals surface area contributed by atoms with Crippen LogP contribution in [-0.2, 0) is 19.8 Å². The molecule has 0 saturated carbocycles. The lowest BCUT2D eigenvalue weighted by Gasteiger charge is -2.17. The number of methoxy groups -OCH3 is 1. The van der Waals surface area contributed by atoms with Crippen LogP contribution in [0.4, 0.5) is 4.39 Å². The number of hydrogen-bond donors (Lipinski definition) is 0. The molecule has 34 heavy (non-hydrogen) atoms. The largest absolute Gasteiger partial charge is 0.496 e. The van der Waals surface area contributed by atoms with Crippen molar-refractivity contribution < 1.29 is 9.13 Å². The molecule has 0 N–H and O–H groups in total. The summed E-state index contributed by atoms with van der Waals surface area (Å²) in [6.45, 7) is 4.75. The first-order valence-corrected chi connectivity index (χ1v) is 10.7. The Hall–Kier alpha value is -4.08. The smallest absolute Gasteiger partial charge is 0.328 e. The first kappa shape index (κ1) is 21.7. The Morgan fingerprint density at radius 3 is 2.53 bits per heavy atom. The van der Waals surface area contributed by atoms with Gasteiger partial charge in [-0.05, 0) is 32.9 Å². The predicted molar refractivity (Wildman–Crippen MR) is 127 cm³/mol. The molecule has 10 heteroatoms. The van der Waals surface area contributed by atoms with Crippen molar-refractivity contribution >= 4 is 21.9 Å². The maximum atomic E-state index is 15.3. The van der Waals surface area contributed by atoms with E-state index < -0.39 is 5.67 Å². The molecule has 0 fully saturated rings. The lowest BCUT2D eigenvalue weighted by atomic mass is 10.0. The van der Waals surface area contributed by atoms with E-state index in [0.717, 1.165) is 22.2 Å². The Balaban J connectivity index is 1.82. The molecule has 9 nitrogen and oxygen atoms in total. The van der Waals surface area contributed by atoms with Crippen LogP contribution in [0, 0.1) is 6.92 Å². The lowest BCUT2D eigenvalue weighted by molar-refractivity contribution is 0.216. The number of rotatable bonds is 4. The Kier molecular flexibility index (Phi) is 4.78. The minimum absolute atomic E-state index is 0.170. The molecule has 5 rings (SSSR count). The molecule has 0 aliphatic heterocycles. The van der Waals surface area contributed by atoms with E-state index in [4.69, 9.17) is 9.72 Å². The summed E-state index contributed by atoms with van der Waals surface area (Å²) < 4.78 is 25.3. The van der Waals surface area contributed by atoms with Gasteiger partial charge in [-0.2, -0.15) is 5.10 Å². The number of aromatic nitrogens is 7. The second kappa shape index (κ2) is 7.47. The summed E-state index contributed by atoms with van der Waals surface area (Å²) in [6.07, 6.45) is 5.06. The topological polar surface area (TPSA) is 92.7 Å². The van der Waals surface area contributed by atoms with Crippen LogP contribution in [-0.4, -0.2) is 41.0 Å². The van der Waals surface area contributed by atoms with Gasteiger partial charge in [-0.25, -0.2) is 18.9 Å². The van der Waals surface area contributed by atoms with E-state index in [1.54, 1.807) is 56.6 Å². The quantitative estimate of drug-likeness (QED) is 0.406. The number of ether oxygens (including phenoxy) is 1. The van der Waals surface area contributed by atoms with Gasteiger partial charge in [0.05, 0.1) is 41.1 Å². The van der Waals surface area contributed by atoms with Gasteiger partial charge < -0.3 is 4.74 Å². The predicted octanol–water partition coefficient (Wildman–Crippen LogP) is 3.59. The summed E-state index contributed by atoms with van der Waals surface area (Å²) in [5.41, 5.74) is 2.07. The van der Waals surface area contributed by atoms with E-state index in [-0.39, 0.29) is 11.4 Å². The first-order valence-electron chi connectivity index (χ1n) is 10.7. The van der Waals surface area contributed by atoms with Crippen LogP contribution in [0.15, 0.2) is 41.6 Å². The molecule has 5 aromatic rings. The molecule has 0 aliphatic rings. The van der Waals surface area contributed by atoms with Crippen LogP contribution >= 0.6 is 0 Å². The Labute approximate surface area is 194 Å². The number of pyridine rings is 3. The van der Waals surface area contributed by atoms with Gasteiger partial charge in [-0.3, -0.25) is 19.1 Å². The van der Waals surface area contributed by atoms with Crippen LogP contribution in [0.1, 0.15) is 25.2 Å². The minimum Gasteiger partial charge on any atom is -0.496 e. The van der Waals surface area contributed by atoms with Gasteiger partial charge in [0.25, 0.3) is 0 Å². The highest BCUT2D eigenvalue weighted by Gasteiger charge is 2.28. The molecule has 0 radical (unpaired) electrons. The van der Waals surface area contributed by atoms with E-state index in [1.807, 2.05) is 13.0 Å². The van der Waals surface area contributed by atoms with Gasteiger partial charge in [-0.1, -0.05) is 0 Å². The van der Waals surface area contributed by atoms with Gasteiger partial charge in [0.2, 0.25) is 0 Å². The van der Waals surface area contributed by atoms with Gasteiger partial charge in [0, 0.05) is 43.6 Å². The molecular formula is C24H24FN7O2. The van der Waals surface area contributed by atoms with Crippen molar-refractivity contribution in [2.75, 3.05) is 7.11 Å². The molecule has 174 valence electrons. The highest BCUT2D eigenvalue weighted by atomic mass is 19.1. The van der Waals surface area contributed by atoms with Gasteiger partial charge in [-0.15, -0.1) is 0 Å². The van der Waals surface area contributed by atoms with Crippen molar-refractivity contribution in [1.82, 2.24) is 33.9 Å². The number of hydrogen-bond acceptors (Lipinski definition) is 6. The van der Waals surface area contributed by atoms with Crippen LogP contribution in [0.2, 0.25) is 0 Å². The summed E-state index contributed by atoms with van der Waals surface area (Å²) in [4.78, 5) is 26.2. The molecule has 5 aromatic heterocycles. The van der Waals surface area contributed by atoms with Crippen molar-refractivity contribution in [1.29, 1.82) is 0 Å². The van der Waals surface area contributed by atoms with Crippen LogP contribution in [0.3, 0.4) is 0 Å². The Bertz CT molecular complexity index is 1640. The highest BCUT2D eigenvalue weighted by Crippen LogP contribution is 2.33. The number of imidazole rings is 1. The zero-order chi connectivity index (χ0) is 24.4. The molecule has 0 spiro atoms. The van der Waals surface area contributed by atoms with Crippen molar-refractivity contribution in [2.45, 2.75) is 26.4 Å². The third-order valence-electron chi connectivity index (χ3n) is 6.04. The molecule has 0 unspecified atom stereocenters. The summed E-state index contributed by atoms with van der Waals surface area (Å²) in [7, 11) is 4.87. The second-order valence-electron chi connectivity index (χ2n) is 8.73. The first-order chi connectivity index (χ1) is 16.1. The molecule has 0 saturated heterocycles. The van der Waals surface area contributed by atoms with E-state index in [1.165, 1.54) is 23.0 Å². The number of alkyl halides is 1. The maximum Gasteiger partial charge on any atom is 0.328 e.